The number of hydrogen-bond donors (Lipinski definition) is 2. The summed E-state index contributed by atoms with van der Waals surface area (Å²) < 4.78 is 0. The van der Waals surface area contributed by atoms with E-state index in [1.807, 2.05) is 25.9 Å². The van der Waals surface area contributed by atoms with Gasteiger partial charge in [-0.1, -0.05) is 0 Å². The maximum Gasteiger partial charge on any atom is 0.0814 e. The van der Waals surface area contributed by atoms with Crippen LogP contribution in [0.15, 0.2) is 0 Å². The maximum absolute atomic E-state index is 9.13. The van der Waals surface area contributed by atoms with Gasteiger partial charge in [-0.05, 0) is 21.0 Å². The van der Waals surface area contributed by atoms with Gasteiger partial charge in [-0.2, -0.15) is 0 Å². The molecule has 2 atom stereocenters. The van der Waals surface area contributed by atoms with Crippen molar-refractivity contribution in [3.05, 3.63) is 0 Å². The van der Waals surface area contributed by atoms with Crippen LogP contribution in [0.2, 0.25) is 0 Å². The number of nitrogens with zero attached hydrogens (tertiary/aromatic N) is 1. The molecule has 0 rings (SSSR count). The van der Waals surface area contributed by atoms with E-state index >= 15 is 0 Å². The van der Waals surface area contributed by atoms with Gasteiger partial charge in [0.15, 0.2) is 0 Å². The molecule has 3 nitrogen and oxygen atoms in total. The average molecular weight is 132 g/mol. The van der Waals surface area contributed by atoms with Gasteiger partial charge < -0.3 is 15.7 Å². The van der Waals surface area contributed by atoms with E-state index in [9.17, 15) is 0 Å². The van der Waals surface area contributed by atoms with Crippen molar-refractivity contribution in [1.29, 1.82) is 0 Å². The quantitative estimate of drug-likeness (QED) is 0.531. The highest BCUT2D eigenvalue weighted by molar-refractivity contribution is 4.70. The van der Waals surface area contributed by atoms with Gasteiger partial charge in [0.05, 0.1) is 6.10 Å². The molecule has 0 amide bonds. The fourth-order valence-electron chi connectivity index (χ4n) is 0.541. The first kappa shape index (κ1) is 8.88. The summed E-state index contributed by atoms with van der Waals surface area (Å²) in [5.74, 6) is 0. The minimum atomic E-state index is -0.403. The molecule has 2 unspecified atom stereocenters. The van der Waals surface area contributed by atoms with E-state index in [0.29, 0.717) is 6.54 Å². The molecule has 0 fully saturated rings. The number of rotatable bonds is 3. The summed E-state index contributed by atoms with van der Waals surface area (Å²) in [6.45, 7) is 2.27. The van der Waals surface area contributed by atoms with Gasteiger partial charge in [-0.25, -0.2) is 0 Å². The highest BCUT2D eigenvalue weighted by atomic mass is 16.3. The Bertz CT molecular complexity index is 75.5. The second-order valence-electron chi connectivity index (χ2n) is 2.51. The number of likely N-dealkylation sites (N-methyl/N-ethyl adjacent to an activating group) is 1. The Hall–Kier alpha value is -0.120. The first-order valence-electron chi connectivity index (χ1n) is 3.14. The van der Waals surface area contributed by atoms with Crippen molar-refractivity contribution in [1.82, 2.24) is 4.90 Å². The molecule has 0 radical (unpaired) electrons. The Morgan fingerprint density at radius 1 is 1.56 bits per heavy atom. The maximum atomic E-state index is 9.13. The highest BCUT2D eigenvalue weighted by Crippen LogP contribution is 1.96. The summed E-state index contributed by atoms with van der Waals surface area (Å²) in [5.41, 5.74) is 5.23. The largest absolute Gasteiger partial charge is 0.390 e. The third-order valence-corrected chi connectivity index (χ3v) is 1.61. The van der Waals surface area contributed by atoms with Crippen LogP contribution in [0.25, 0.3) is 0 Å². The molecular weight excluding hydrogens is 116 g/mol. The third kappa shape index (κ3) is 2.79. The molecule has 3 N–H and O–H groups in total. The minimum Gasteiger partial charge on any atom is -0.390 e. The molecular formula is C6H16N2O. The molecule has 0 aromatic carbocycles. The van der Waals surface area contributed by atoms with Crippen LogP contribution < -0.4 is 5.73 Å². The van der Waals surface area contributed by atoms with Gasteiger partial charge in [0.1, 0.15) is 0 Å². The molecule has 0 aromatic rings. The SMILES string of the molecule is CC(C(O)CN)N(C)C. The van der Waals surface area contributed by atoms with Crippen molar-refractivity contribution < 1.29 is 5.11 Å². The lowest BCUT2D eigenvalue weighted by Crippen LogP contribution is -2.40. The van der Waals surface area contributed by atoms with Crippen molar-refractivity contribution in [2.45, 2.75) is 19.1 Å². The molecule has 0 spiro atoms. The van der Waals surface area contributed by atoms with Crippen LogP contribution >= 0.6 is 0 Å². The average Bonchev–Trinajstić information content (AvgIpc) is 1.84. The number of aliphatic hydroxyl groups is 1. The molecule has 0 aliphatic carbocycles. The zero-order valence-corrected chi connectivity index (χ0v) is 6.33. The predicted octanol–water partition coefficient (Wildman–Crippen LogP) is -0.744. The van der Waals surface area contributed by atoms with E-state index in [1.54, 1.807) is 0 Å². The van der Waals surface area contributed by atoms with Crippen LogP contribution in [0.3, 0.4) is 0 Å². The molecule has 3 heteroatoms. The smallest absolute Gasteiger partial charge is 0.0814 e. The van der Waals surface area contributed by atoms with E-state index in [4.69, 9.17) is 10.8 Å². The van der Waals surface area contributed by atoms with Crippen LogP contribution in [-0.4, -0.2) is 42.8 Å². The first-order valence-corrected chi connectivity index (χ1v) is 3.14. The van der Waals surface area contributed by atoms with Crippen LogP contribution in [0, 0.1) is 0 Å². The van der Waals surface area contributed by atoms with Gasteiger partial charge in [0.2, 0.25) is 0 Å². The van der Waals surface area contributed by atoms with Crippen molar-refractivity contribution in [2.75, 3.05) is 20.6 Å². The molecule has 0 aliphatic heterocycles. The number of aliphatic hydroxyl groups excluding tert-OH is 1. The van der Waals surface area contributed by atoms with Crippen LogP contribution in [0.1, 0.15) is 6.92 Å². The lowest BCUT2D eigenvalue weighted by atomic mass is 10.2. The van der Waals surface area contributed by atoms with Gasteiger partial charge in [0, 0.05) is 12.6 Å². The molecule has 0 heterocycles. The van der Waals surface area contributed by atoms with Gasteiger partial charge in [0.25, 0.3) is 0 Å². The van der Waals surface area contributed by atoms with E-state index < -0.39 is 6.10 Å². The van der Waals surface area contributed by atoms with E-state index in [2.05, 4.69) is 0 Å². The summed E-state index contributed by atoms with van der Waals surface area (Å²) in [7, 11) is 3.84. The van der Waals surface area contributed by atoms with Crippen molar-refractivity contribution in [2.24, 2.45) is 5.73 Å². The zero-order chi connectivity index (χ0) is 7.44. The van der Waals surface area contributed by atoms with Gasteiger partial charge in [-0.15, -0.1) is 0 Å². The molecule has 56 valence electrons. The lowest BCUT2D eigenvalue weighted by Gasteiger charge is -2.23. The molecule has 0 saturated carbocycles. The Labute approximate surface area is 56.5 Å². The van der Waals surface area contributed by atoms with Gasteiger partial charge >= 0.3 is 0 Å². The topological polar surface area (TPSA) is 49.5 Å². The fraction of sp³-hybridized carbons (Fsp3) is 1.00. The van der Waals surface area contributed by atoms with Crippen LogP contribution in [0.5, 0.6) is 0 Å². The standard InChI is InChI=1S/C6H16N2O/c1-5(8(2)3)6(9)4-7/h5-6,9H,4,7H2,1-3H3. The summed E-state index contributed by atoms with van der Waals surface area (Å²) >= 11 is 0. The predicted molar refractivity (Wildman–Crippen MR) is 38.2 cm³/mol. The Kier molecular flexibility index (Phi) is 3.77. The monoisotopic (exact) mass is 132 g/mol. The van der Waals surface area contributed by atoms with E-state index in [1.165, 1.54) is 0 Å². The number of nitrogens with two attached hydrogens (primary N) is 1. The highest BCUT2D eigenvalue weighted by Gasteiger charge is 2.12. The molecule has 0 aliphatic rings. The van der Waals surface area contributed by atoms with E-state index in [0.717, 1.165) is 0 Å². The first-order chi connectivity index (χ1) is 4.09. The molecule has 0 saturated heterocycles. The normalized spacial score (nSPS) is 18.0. The lowest BCUT2D eigenvalue weighted by molar-refractivity contribution is 0.0925. The van der Waals surface area contributed by atoms with Crippen LogP contribution in [0.4, 0.5) is 0 Å². The second kappa shape index (κ2) is 3.82. The fourth-order valence-corrected chi connectivity index (χ4v) is 0.541. The Morgan fingerprint density at radius 2 is 2.00 bits per heavy atom. The Morgan fingerprint density at radius 3 is 2.11 bits per heavy atom. The minimum absolute atomic E-state index is 0.148. The third-order valence-electron chi connectivity index (χ3n) is 1.61. The van der Waals surface area contributed by atoms with Crippen LogP contribution in [-0.2, 0) is 0 Å². The number of hydrogen-bond acceptors (Lipinski definition) is 3. The molecule has 0 bridgehead atoms. The molecule has 9 heavy (non-hydrogen) atoms. The Balaban J connectivity index is 3.58. The van der Waals surface area contributed by atoms with E-state index in [-0.39, 0.29) is 6.04 Å². The van der Waals surface area contributed by atoms with Crippen molar-refractivity contribution >= 4 is 0 Å². The summed E-state index contributed by atoms with van der Waals surface area (Å²) in [6.07, 6.45) is -0.403. The summed E-state index contributed by atoms with van der Waals surface area (Å²) in [6, 6.07) is 0.148. The van der Waals surface area contributed by atoms with Gasteiger partial charge in [-0.3, -0.25) is 0 Å². The molecule has 0 aromatic heterocycles. The summed E-state index contributed by atoms with van der Waals surface area (Å²) in [4.78, 5) is 1.94. The second-order valence-corrected chi connectivity index (χ2v) is 2.51. The van der Waals surface area contributed by atoms with Crippen molar-refractivity contribution in [3.8, 4) is 0 Å². The summed E-state index contributed by atoms with van der Waals surface area (Å²) in [5, 5.41) is 9.13. The van der Waals surface area contributed by atoms with Crippen molar-refractivity contribution in [3.63, 3.8) is 0 Å². The zero-order valence-electron chi connectivity index (χ0n) is 6.33.